The fourth-order valence-corrected chi connectivity index (χ4v) is 2.85. The average Bonchev–Trinajstić information content (AvgIpc) is 2.57. The number of thiol groups is 1. The van der Waals surface area contributed by atoms with Crippen LogP contribution < -0.4 is 10.2 Å². The Hall–Kier alpha value is -2.21. The molecule has 6 heteroatoms. The Balaban J connectivity index is 1.60. The first-order valence-corrected chi connectivity index (χ1v) is 7.93. The number of carbonyl (C=O) groups excluding carboxylic acids is 1. The quantitative estimate of drug-likeness (QED) is 0.827. The van der Waals surface area contributed by atoms with Crippen molar-refractivity contribution in [1.82, 2.24) is 4.90 Å². The van der Waals surface area contributed by atoms with Gasteiger partial charge in [-0.25, -0.2) is 9.18 Å². The van der Waals surface area contributed by atoms with Gasteiger partial charge in [-0.05, 0) is 24.3 Å². The highest BCUT2D eigenvalue weighted by atomic mass is 32.1. The summed E-state index contributed by atoms with van der Waals surface area (Å²) in [5.74, 6) is -0.227. The number of amides is 2. The number of para-hydroxylation sites is 2. The van der Waals surface area contributed by atoms with E-state index in [1.807, 2.05) is 35.2 Å². The van der Waals surface area contributed by atoms with Crippen LogP contribution in [0.5, 0.6) is 0 Å². The SMILES string of the molecule is O=C(Nc1ccccc1S)N1CCN(c2ccccc2F)CC1. The molecule has 2 aromatic carbocycles. The van der Waals surface area contributed by atoms with E-state index in [9.17, 15) is 9.18 Å². The fraction of sp³-hybridized carbons (Fsp3) is 0.235. The minimum absolute atomic E-state index is 0.153. The van der Waals surface area contributed by atoms with E-state index in [1.54, 1.807) is 17.0 Å². The molecular weight excluding hydrogens is 313 g/mol. The molecule has 1 fully saturated rings. The van der Waals surface area contributed by atoms with Gasteiger partial charge in [0, 0.05) is 31.1 Å². The topological polar surface area (TPSA) is 35.6 Å². The molecule has 1 N–H and O–H groups in total. The number of anilines is 2. The van der Waals surface area contributed by atoms with Gasteiger partial charge in [-0.3, -0.25) is 0 Å². The molecule has 0 aliphatic carbocycles. The summed E-state index contributed by atoms with van der Waals surface area (Å²) in [4.78, 5) is 16.7. The highest BCUT2D eigenvalue weighted by molar-refractivity contribution is 7.80. The second kappa shape index (κ2) is 6.91. The lowest BCUT2D eigenvalue weighted by molar-refractivity contribution is 0.208. The molecule has 0 spiro atoms. The maximum absolute atomic E-state index is 13.8. The molecule has 23 heavy (non-hydrogen) atoms. The van der Waals surface area contributed by atoms with Gasteiger partial charge in [0.05, 0.1) is 11.4 Å². The Labute approximate surface area is 140 Å². The second-order valence-electron chi connectivity index (χ2n) is 5.37. The van der Waals surface area contributed by atoms with Gasteiger partial charge in [-0.1, -0.05) is 24.3 Å². The Morgan fingerprint density at radius 2 is 1.65 bits per heavy atom. The van der Waals surface area contributed by atoms with E-state index in [1.165, 1.54) is 6.07 Å². The average molecular weight is 331 g/mol. The smallest absolute Gasteiger partial charge is 0.321 e. The summed E-state index contributed by atoms with van der Waals surface area (Å²) >= 11 is 4.33. The van der Waals surface area contributed by atoms with Crippen molar-refractivity contribution < 1.29 is 9.18 Å². The molecule has 3 rings (SSSR count). The van der Waals surface area contributed by atoms with Gasteiger partial charge in [-0.2, -0.15) is 0 Å². The van der Waals surface area contributed by atoms with Crippen molar-refractivity contribution in [3.05, 3.63) is 54.3 Å². The third-order valence-electron chi connectivity index (χ3n) is 3.91. The first kappa shape index (κ1) is 15.7. The van der Waals surface area contributed by atoms with Crippen molar-refractivity contribution >= 4 is 30.0 Å². The lowest BCUT2D eigenvalue weighted by Crippen LogP contribution is -2.50. The zero-order chi connectivity index (χ0) is 16.2. The van der Waals surface area contributed by atoms with E-state index < -0.39 is 0 Å². The number of carbonyl (C=O) groups is 1. The van der Waals surface area contributed by atoms with Crippen LogP contribution in [-0.4, -0.2) is 37.1 Å². The number of rotatable bonds is 2. The molecule has 120 valence electrons. The molecule has 0 bridgehead atoms. The van der Waals surface area contributed by atoms with Gasteiger partial charge in [0.25, 0.3) is 0 Å². The van der Waals surface area contributed by atoms with Gasteiger partial charge in [0.1, 0.15) is 5.82 Å². The van der Waals surface area contributed by atoms with Crippen molar-refractivity contribution in [3.63, 3.8) is 0 Å². The van der Waals surface area contributed by atoms with Crippen LogP contribution in [-0.2, 0) is 0 Å². The van der Waals surface area contributed by atoms with Crippen LogP contribution in [0.3, 0.4) is 0 Å². The van der Waals surface area contributed by atoms with E-state index in [4.69, 9.17) is 0 Å². The fourth-order valence-electron chi connectivity index (χ4n) is 2.63. The summed E-state index contributed by atoms with van der Waals surface area (Å²) in [6, 6.07) is 13.9. The Bertz CT molecular complexity index is 702. The summed E-state index contributed by atoms with van der Waals surface area (Å²) < 4.78 is 13.8. The molecule has 2 amide bonds. The van der Waals surface area contributed by atoms with Crippen LogP contribution >= 0.6 is 12.6 Å². The summed E-state index contributed by atoms with van der Waals surface area (Å²) in [6.07, 6.45) is 0. The second-order valence-corrected chi connectivity index (χ2v) is 5.85. The van der Waals surface area contributed by atoms with Crippen molar-refractivity contribution in [2.45, 2.75) is 4.90 Å². The predicted octanol–water partition coefficient (Wildman–Crippen LogP) is 3.47. The van der Waals surface area contributed by atoms with Crippen molar-refractivity contribution in [3.8, 4) is 0 Å². The first-order chi connectivity index (χ1) is 11.1. The van der Waals surface area contributed by atoms with E-state index >= 15 is 0 Å². The van der Waals surface area contributed by atoms with E-state index in [0.29, 0.717) is 37.6 Å². The molecule has 1 heterocycles. The minimum atomic E-state index is -0.227. The standard InChI is InChI=1S/C17H18FN3OS/c18-13-5-1-3-7-15(13)20-9-11-21(12-10-20)17(22)19-14-6-2-4-8-16(14)23/h1-8,23H,9-12H2,(H,19,22). The molecule has 0 atom stereocenters. The molecule has 0 radical (unpaired) electrons. The summed E-state index contributed by atoms with van der Waals surface area (Å²) in [5.41, 5.74) is 1.28. The number of urea groups is 1. The lowest BCUT2D eigenvalue weighted by Gasteiger charge is -2.36. The van der Waals surface area contributed by atoms with Gasteiger partial charge >= 0.3 is 6.03 Å². The molecule has 2 aromatic rings. The molecule has 0 aromatic heterocycles. The number of halogens is 1. The molecule has 1 saturated heterocycles. The maximum Gasteiger partial charge on any atom is 0.321 e. The van der Waals surface area contributed by atoms with Crippen molar-refractivity contribution in [1.29, 1.82) is 0 Å². The largest absolute Gasteiger partial charge is 0.366 e. The lowest BCUT2D eigenvalue weighted by atomic mass is 10.2. The van der Waals surface area contributed by atoms with Gasteiger partial charge in [-0.15, -0.1) is 12.6 Å². The third kappa shape index (κ3) is 3.59. The Kier molecular flexibility index (Phi) is 4.71. The molecular formula is C17H18FN3OS. The Morgan fingerprint density at radius 1 is 1.00 bits per heavy atom. The van der Waals surface area contributed by atoms with Gasteiger partial charge in [0.2, 0.25) is 0 Å². The molecule has 0 saturated carbocycles. The van der Waals surface area contributed by atoms with Crippen LogP contribution in [0.4, 0.5) is 20.6 Å². The number of hydrogen-bond acceptors (Lipinski definition) is 3. The van der Waals surface area contributed by atoms with E-state index in [2.05, 4.69) is 17.9 Å². The summed E-state index contributed by atoms with van der Waals surface area (Å²) in [6.45, 7) is 2.32. The van der Waals surface area contributed by atoms with E-state index in [-0.39, 0.29) is 11.8 Å². The predicted molar refractivity (Wildman–Crippen MR) is 92.9 cm³/mol. The zero-order valence-corrected chi connectivity index (χ0v) is 13.5. The van der Waals surface area contributed by atoms with Crippen LogP contribution in [0, 0.1) is 5.82 Å². The molecule has 1 aliphatic rings. The van der Waals surface area contributed by atoms with Crippen LogP contribution in [0.1, 0.15) is 0 Å². The first-order valence-electron chi connectivity index (χ1n) is 7.48. The Morgan fingerprint density at radius 3 is 2.35 bits per heavy atom. The van der Waals surface area contributed by atoms with Crippen LogP contribution in [0.15, 0.2) is 53.4 Å². The van der Waals surface area contributed by atoms with E-state index in [0.717, 1.165) is 4.90 Å². The van der Waals surface area contributed by atoms with Crippen LogP contribution in [0.25, 0.3) is 0 Å². The summed E-state index contributed by atoms with van der Waals surface area (Å²) in [5, 5.41) is 2.86. The van der Waals surface area contributed by atoms with Crippen molar-refractivity contribution in [2.75, 3.05) is 36.4 Å². The number of piperazine rings is 1. The van der Waals surface area contributed by atoms with Gasteiger partial charge < -0.3 is 15.1 Å². The van der Waals surface area contributed by atoms with Gasteiger partial charge in [0.15, 0.2) is 0 Å². The third-order valence-corrected chi connectivity index (χ3v) is 4.30. The summed E-state index contributed by atoms with van der Waals surface area (Å²) in [7, 11) is 0. The number of nitrogens with one attached hydrogen (secondary N) is 1. The number of benzene rings is 2. The highest BCUT2D eigenvalue weighted by Gasteiger charge is 2.22. The molecule has 1 aliphatic heterocycles. The number of hydrogen-bond donors (Lipinski definition) is 2. The molecule has 0 unspecified atom stereocenters. The van der Waals surface area contributed by atoms with Crippen molar-refractivity contribution in [2.24, 2.45) is 0 Å². The maximum atomic E-state index is 13.8. The minimum Gasteiger partial charge on any atom is -0.366 e. The highest BCUT2D eigenvalue weighted by Crippen LogP contribution is 2.22. The molecule has 4 nitrogen and oxygen atoms in total. The zero-order valence-electron chi connectivity index (χ0n) is 12.6. The normalized spacial score (nSPS) is 14.7. The van der Waals surface area contributed by atoms with Crippen LogP contribution in [0.2, 0.25) is 0 Å². The number of nitrogens with zero attached hydrogens (tertiary/aromatic N) is 2. The monoisotopic (exact) mass is 331 g/mol.